The van der Waals surface area contributed by atoms with Crippen LogP contribution in [-0.2, 0) is 20.7 Å². The number of likely N-dealkylation sites (tertiary alicyclic amines) is 1. The number of aryl methyl sites for hydroxylation is 1. The first-order valence-electron chi connectivity index (χ1n) is 13.2. The van der Waals surface area contributed by atoms with Gasteiger partial charge in [-0.15, -0.1) is 0 Å². The molecule has 0 spiro atoms. The van der Waals surface area contributed by atoms with Crippen LogP contribution >= 0.6 is 0 Å². The Morgan fingerprint density at radius 1 is 0.973 bits per heavy atom. The Morgan fingerprint density at radius 3 is 2.22 bits per heavy atom. The van der Waals surface area contributed by atoms with Gasteiger partial charge in [0.05, 0.1) is 12.7 Å². The summed E-state index contributed by atoms with van der Waals surface area (Å²) in [6.07, 6.45) is 3.21. The van der Waals surface area contributed by atoms with E-state index in [4.69, 9.17) is 9.47 Å². The van der Waals surface area contributed by atoms with Gasteiger partial charge in [0.2, 0.25) is 5.91 Å². The number of hydrogen-bond donors (Lipinski definition) is 0. The summed E-state index contributed by atoms with van der Waals surface area (Å²) in [7, 11) is 1.36. The van der Waals surface area contributed by atoms with E-state index in [1.54, 1.807) is 12.1 Å². The van der Waals surface area contributed by atoms with Crippen LogP contribution in [0.2, 0.25) is 0 Å². The predicted octanol–water partition coefficient (Wildman–Crippen LogP) is 5.19. The normalized spacial score (nSPS) is 19.7. The fourth-order valence-corrected chi connectivity index (χ4v) is 5.15. The van der Waals surface area contributed by atoms with Crippen LogP contribution in [0.3, 0.4) is 0 Å². The van der Waals surface area contributed by atoms with Crippen LogP contribution in [0, 0.1) is 0 Å². The van der Waals surface area contributed by atoms with Crippen molar-refractivity contribution in [2.75, 3.05) is 20.2 Å². The number of ether oxygens (including phenoxy) is 2. The number of piperidine rings is 1. The molecule has 1 heterocycles. The Hall–Kier alpha value is -3.35. The van der Waals surface area contributed by atoms with Crippen LogP contribution in [0.25, 0.3) is 0 Å². The molecule has 1 saturated heterocycles. The number of amides is 2. The lowest BCUT2D eigenvalue weighted by Crippen LogP contribution is -2.51. The van der Waals surface area contributed by atoms with Crippen LogP contribution in [0.1, 0.15) is 73.9 Å². The Kier molecular flexibility index (Phi) is 8.20. The third-order valence-electron chi connectivity index (χ3n) is 7.16. The number of carbonyl (C=O) groups is 3. The maximum atomic E-state index is 13.3. The molecule has 2 atom stereocenters. The van der Waals surface area contributed by atoms with E-state index < -0.39 is 5.60 Å². The van der Waals surface area contributed by atoms with Gasteiger partial charge in [-0.25, -0.2) is 9.59 Å². The zero-order valence-corrected chi connectivity index (χ0v) is 22.3. The summed E-state index contributed by atoms with van der Waals surface area (Å²) in [6, 6.07) is 17.7. The topological polar surface area (TPSA) is 76.2 Å². The number of methoxy groups -OCH3 is 1. The van der Waals surface area contributed by atoms with Crippen LogP contribution < -0.4 is 0 Å². The zero-order valence-electron chi connectivity index (χ0n) is 22.3. The molecule has 37 heavy (non-hydrogen) atoms. The van der Waals surface area contributed by atoms with Crippen molar-refractivity contribution in [3.63, 3.8) is 0 Å². The molecule has 2 aliphatic rings. The first kappa shape index (κ1) is 26.7. The summed E-state index contributed by atoms with van der Waals surface area (Å²) in [5, 5.41) is 0. The highest BCUT2D eigenvalue weighted by Gasteiger charge is 2.49. The molecule has 0 bridgehead atoms. The number of rotatable bonds is 7. The maximum absolute atomic E-state index is 13.3. The second-order valence-electron chi connectivity index (χ2n) is 11.0. The molecular formula is C30H38N2O5. The average Bonchev–Trinajstić information content (AvgIpc) is 3.67. The second-order valence-corrected chi connectivity index (χ2v) is 11.0. The Bertz CT molecular complexity index is 1090. The van der Waals surface area contributed by atoms with E-state index in [0.717, 1.165) is 24.8 Å². The highest BCUT2D eigenvalue weighted by atomic mass is 16.6. The van der Waals surface area contributed by atoms with E-state index in [-0.39, 0.29) is 30.1 Å². The molecule has 4 rings (SSSR count). The Morgan fingerprint density at radius 2 is 1.62 bits per heavy atom. The third kappa shape index (κ3) is 6.90. The molecule has 7 nitrogen and oxygen atoms in total. The van der Waals surface area contributed by atoms with Gasteiger partial charge >= 0.3 is 12.1 Å². The first-order valence-corrected chi connectivity index (χ1v) is 13.2. The van der Waals surface area contributed by atoms with Crippen molar-refractivity contribution in [1.29, 1.82) is 0 Å². The summed E-state index contributed by atoms with van der Waals surface area (Å²) >= 11 is 0. The lowest BCUT2D eigenvalue weighted by molar-refractivity contribution is -0.132. The molecule has 2 fully saturated rings. The van der Waals surface area contributed by atoms with Crippen molar-refractivity contribution in [3.05, 3.63) is 71.3 Å². The smallest absolute Gasteiger partial charge is 0.410 e. The standard InChI is InChI=1S/C30H38N2O5/c1-30(2,3)37-29(35)32(26-20-25(26)22-8-6-5-7-9-22)24-16-18-31(19-17-24)27(33)15-12-21-10-13-23(14-11-21)28(34)36-4/h5-11,13-14,24-26H,12,15-20H2,1-4H3. The van der Waals surface area contributed by atoms with E-state index >= 15 is 0 Å². The van der Waals surface area contributed by atoms with Gasteiger partial charge in [-0.2, -0.15) is 0 Å². The summed E-state index contributed by atoms with van der Waals surface area (Å²) in [5.74, 6) is 0.0825. The third-order valence-corrected chi connectivity index (χ3v) is 7.16. The van der Waals surface area contributed by atoms with Gasteiger partial charge in [0.15, 0.2) is 0 Å². The highest BCUT2D eigenvalue weighted by molar-refractivity contribution is 5.89. The van der Waals surface area contributed by atoms with Crippen molar-refractivity contribution in [2.45, 2.75) is 76.5 Å². The van der Waals surface area contributed by atoms with Crippen molar-refractivity contribution < 1.29 is 23.9 Å². The van der Waals surface area contributed by atoms with E-state index in [2.05, 4.69) is 12.1 Å². The summed E-state index contributed by atoms with van der Waals surface area (Å²) < 4.78 is 10.5. The van der Waals surface area contributed by atoms with Gasteiger partial charge in [0.25, 0.3) is 0 Å². The van der Waals surface area contributed by atoms with Crippen molar-refractivity contribution >= 4 is 18.0 Å². The number of esters is 1. The summed E-state index contributed by atoms with van der Waals surface area (Å²) in [6.45, 7) is 6.96. The van der Waals surface area contributed by atoms with Crippen LogP contribution in [0.5, 0.6) is 0 Å². The van der Waals surface area contributed by atoms with Crippen LogP contribution in [0.4, 0.5) is 4.79 Å². The van der Waals surface area contributed by atoms with E-state index in [9.17, 15) is 14.4 Å². The fraction of sp³-hybridized carbons (Fsp3) is 0.500. The summed E-state index contributed by atoms with van der Waals surface area (Å²) in [5.41, 5.74) is 2.21. The quantitative estimate of drug-likeness (QED) is 0.483. The molecular weight excluding hydrogens is 468 g/mol. The van der Waals surface area contributed by atoms with Gasteiger partial charge in [-0.1, -0.05) is 42.5 Å². The maximum Gasteiger partial charge on any atom is 0.410 e. The van der Waals surface area contributed by atoms with Gasteiger partial charge in [-0.3, -0.25) is 4.79 Å². The molecule has 2 amide bonds. The van der Waals surface area contributed by atoms with Crippen LogP contribution in [-0.4, -0.2) is 65.7 Å². The molecule has 1 aliphatic heterocycles. The minimum Gasteiger partial charge on any atom is -0.465 e. The van der Waals surface area contributed by atoms with Crippen molar-refractivity contribution in [2.24, 2.45) is 0 Å². The zero-order chi connectivity index (χ0) is 26.6. The number of hydrogen-bond acceptors (Lipinski definition) is 5. The molecule has 0 aromatic heterocycles. The highest BCUT2D eigenvalue weighted by Crippen LogP contribution is 2.46. The number of benzene rings is 2. The largest absolute Gasteiger partial charge is 0.465 e. The molecule has 2 aromatic rings. The van der Waals surface area contributed by atoms with Crippen molar-refractivity contribution in [1.82, 2.24) is 9.80 Å². The van der Waals surface area contributed by atoms with Gasteiger partial charge < -0.3 is 19.3 Å². The molecule has 2 aromatic carbocycles. The van der Waals surface area contributed by atoms with E-state index in [1.165, 1.54) is 12.7 Å². The first-order chi connectivity index (χ1) is 17.7. The minimum absolute atomic E-state index is 0.0588. The SMILES string of the molecule is COC(=O)c1ccc(CCC(=O)N2CCC(N(C(=O)OC(C)(C)C)C3CC3c3ccccc3)CC2)cc1. The minimum atomic E-state index is -0.557. The lowest BCUT2D eigenvalue weighted by Gasteiger charge is -2.39. The molecule has 1 aliphatic carbocycles. The number of carbonyl (C=O) groups excluding carboxylic acids is 3. The monoisotopic (exact) mass is 506 g/mol. The van der Waals surface area contributed by atoms with Gasteiger partial charge in [0.1, 0.15) is 5.60 Å². The lowest BCUT2D eigenvalue weighted by atomic mass is 10.0. The van der Waals surface area contributed by atoms with E-state index in [0.29, 0.717) is 37.4 Å². The van der Waals surface area contributed by atoms with E-state index in [1.807, 2.05) is 60.9 Å². The average molecular weight is 507 g/mol. The Balaban J connectivity index is 1.33. The van der Waals surface area contributed by atoms with Crippen molar-refractivity contribution in [3.8, 4) is 0 Å². The summed E-state index contributed by atoms with van der Waals surface area (Å²) in [4.78, 5) is 41.7. The Labute approximate surface area is 219 Å². The van der Waals surface area contributed by atoms with Crippen LogP contribution in [0.15, 0.2) is 54.6 Å². The molecule has 0 radical (unpaired) electrons. The van der Waals surface area contributed by atoms with Gasteiger partial charge in [0, 0.05) is 37.5 Å². The number of nitrogens with zero attached hydrogens (tertiary/aromatic N) is 2. The fourth-order valence-electron chi connectivity index (χ4n) is 5.15. The predicted molar refractivity (Wildman–Crippen MR) is 141 cm³/mol. The van der Waals surface area contributed by atoms with Gasteiger partial charge in [-0.05, 0) is 69.7 Å². The molecule has 198 valence electrons. The molecule has 7 heteroatoms. The molecule has 1 saturated carbocycles. The molecule has 2 unspecified atom stereocenters. The molecule has 0 N–H and O–H groups in total. The second kappa shape index (κ2) is 11.4.